The van der Waals surface area contributed by atoms with Crippen LogP contribution in [0.15, 0.2) is 28.7 Å². The van der Waals surface area contributed by atoms with Gasteiger partial charge in [-0.05, 0) is 30.2 Å². The van der Waals surface area contributed by atoms with Gasteiger partial charge in [-0.3, -0.25) is 14.4 Å². The third kappa shape index (κ3) is 5.47. The van der Waals surface area contributed by atoms with Crippen molar-refractivity contribution in [2.24, 2.45) is 5.92 Å². The molecular weight excluding hydrogens is 462 g/mol. The number of rotatable bonds is 8. The predicted octanol–water partition coefficient (Wildman–Crippen LogP) is 1.41. The van der Waals surface area contributed by atoms with Crippen LogP contribution in [-0.2, 0) is 14.4 Å². The molecule has 1 aromatic carbocycles. The summed E-state index contributed by atoms with van der Waals surface area (Å²) >= 11 is 3.27. The van der Waals surface area contributed by atoms with E-state index in [9.17, 15) is 24.0 Å². The maximum Gasteiger partial charge on any atom is 0.344 e. The van der Waals surface area contributed by atoms with E-state index in [1.165, 1.54) is 0 Å². The number of imide groups is 1. The zero-order valence-electron chi connectivity index (χ0n) is 16.3. The molecule has 1 aliphatic rings. The minimum absolute atomic E-state index is 0.109. The van der Waals surface area contributed by atoms with Crippen molar-refractivity contribution in [1.29, 1.82) is 0 Å². The number of halogens is 1. The maximum atomic E-state index is 12.9. The van der Waals surface area contributed by atoms with Crippen LogP contribution in [-0.4, -0.2) is 52.0 Å². The van der Waals surface area contributed by atoms with Crippen LogP contribution in [0, 0.1) is 5.92 Å². The molecule has 1 aromatic rings. The van der Waals surface area contributed by atoms with E-state index in [2.05, 4.69) is 37.3 Å². The van der Waals surface area contributed by atoms with Crippen LogP contribution < -0.4 is 21.4 Å². The van der Waals surface area contributed by atoms with Gasteiger partial charge in [0, 0.05) is 16.7 Å². The molecule has 1 saturated heterocycles. The van der Waals surface area contributed by atoms with Crippen LogP contribution in [0.25, 0.3) is 0 Å². The molecule has 0 saturated carbocycles. The van der Waals surface area contributed by atoms with Gasteiger partial charge in [-0.1, -0.05) is 29.8 Å². The summed E-state index contributed by atoms with van der Waals surface area (Å²) in [5.41, 5.74) is 1.05. The molecular formula is C18H22BrN5O6. The lowest BCUT2D eigenvalue weighted by molar-refractivity contribution is -0.139. The number of aliphatic carboxylic acids is 1. The molecule has 0 radical (unpaired) electrons. The Balaban J connectivity index is 2.06. The number of hydrazine groups is 1. The van der Waals surface area contributed by atoms with Crippen LogP contribution in [0.5, 0.6) is 0 Å². The average Bonchev–Trinajstić information content (AvgIpc) is 2.88. The monoisotopic (exact) mass is 483 g/mol. The van der Waals surface area contributed by atoms with E-state index in [1.54, 1.807) is 38.1 Å². The van der Waals surface area contributed by atoms with Crippen molar-refractivity contribution < 1.29 is 29.1 Å². The summed E-state index contributed by atoms with van der Waals surface area (Å²) in [4.78, 5) is 60.3. The predicted molar refractivity (Wildman–Crippen MR) is 109 cm³/mol. The Kier molecular flexibility index (Phi) is 7.38. The van der Waals surface area contributed by atoms with E-state index in [1.807, 2.05) is 0 Å². The minimum atomic E-state index is -1.57. The van der Waals surface area contributed by atoms with Crippen LogP contribution in [0.1, 0.15) is 26.7 Å². The Morgan fingerprint density at radius 2 is 1.83 bits per heavy atom. The number of urea groups is 2. The van der Waals surface area contributed by atoms with Crippen molar-refractivity contribution in [3.8, 4) is 0 Å². The summed E-state index contributed by atoms with van der Waals surface area (Å²) in [6.07, 6.45) is -0.675. The van der Waals surface area contributed by atoms with Gasteiger partial charge in [-0.2, -0.15) is 5.01 Å². The number of nitrogens with one attached hydrogen (secondary N) is 4. The normalized spacial score (nSPS) is 18.2. The molecule has 1 heterocycles. The molecule has 0 spiro atoms. The molecule has 0 aromatic heterocycles. The van der Waals surface area contributed by atoms with Crippen LogP contribution in [0.2, 0.25) is 0 Å². The van der Waals surface area contributed by atoms with Gasteiger partial charge in [0.1, 0.15) is 5.54 Å². The number of hydrogen-bond donors (Lipinski definition) is 5. The SMILES string of the molecule is CC(C)C1(CC(=O)NCCC(=O)O)NC(=O)N(NC(=O)Nc2ccc(Br)cc2)C1=O. The number of amides is 6. The highest BCUT2D eigenvalue weighted by Gasteiger charge is 2.55. The summed E-state index contributed by atoms with van der Waals surface area (Å²) < 4.78 is 0.811. The van der Waals surface area contributed by atoms with E-state index in [0.29, 0.717) is 10.7 Å². The summed E-state index contributed by atoms with van der Waals surface area (Å²) in [6, 6.07) is 4.96. The molecule has 6 amide bonds. The van der Waals surface area contributed by atoms with Gasteiger partial charge in [0.15, 0.2) is 0 Å². The molecule has 30 heavy (non-hydrogen) atoms. The lowest BCUT2D eigenvalue weighted by atomic mass is 9.83. The highest BCUT2D eigenvalue weighted by Crippen LogP contribution is 2.28. The number of nitrogens with zero attached hydrogens (tertiary/aromatic N) is 1. The Labute approximate surface area is 180 Å². The lowest BCUT2D eigenvalue weighted by Gasteiger charge is -2.30. The zero-order valence-corrected chi connectivity index (χ0v) is 17.9. The quantitative estimate of drug-likeness (QED) is 0.351. The van der Waals surface area contributed by atoms with Gasteiger partial charge >= 0.3 is 18.0 Å². The van der Waals surface area contributed by atoms with Gasteiger partial charge in [0.25, 0.3) is 5.91 Å². The molecule has 1 fully saturated rings. The highest BCUT2D eigenvalue weighted by atomic mass is 79.9. The van der Waals surface area contributed by atoms with E-state index in [-0.39, 0.29) is 13.0 Å². The summed E-state index contributed by atoms with van der Waals surface area (Å²) in [6.45, 7) is 3.18. The Bertz CT molecular complexity index is 859. The van der Waals surface area contributed by atoms with Gasteiger partial charge in [-0.15, -0.1) is 0 Å². The number of carboxylic acid groups (broad SMARTS) is 1. The molecule has 162 valence electrons. The average molecular weight is 484 g/mol. The fourth-order valence-electron chi connectivity index (χ4n) is 2.83. The number of carbonyl (C=O) groups excluding carboxylic acids is 4. The Hall–Kier alpha value is -3.15. The largest absolute Gasteiger partial charge is 0.481 e. The first kappa shape index (κ1) is 23.1. The van der Waals surface area contributed by atoms with E-state index in [0.717, 1.165) is 4.47 Å². The first-order valence-electron chi connectivity index (χ1n) is 9.03. The fourth-order valence-corrected chi connectivity index (χ4v) is 3.09. The zero-order chi connectivity index (χ0) is 22.5. The summed E-state index contributed by atoms with van der Waals surface area (Å²) in [5.74, 6) is -2.95. The number of carbonyl (C=O) groups is 5. The van der Waals surface area contributed by atoms with Crippen molar-refractivity contribution in [2.75, 3.05) is 11.9 Å². The molecule has 5 N–H and O–H groups in total. The third-order valence-corrected chi connectivity index (χ3v) is 5.05. The minimum Gasteiger partial charge on any atom is -0.481 e. The standard InChI is InChI=1S/C18H22BrN5O6/c1-10(2)18(9-13(25)20-8-7-14(26)27)15(28)24(17(30)22-18)23-16(29)21-12-5-3-11(19)4-6-12/h3-6,10H,7-9H2,1-2H3,(H,20,25)(H,22,30)(H,26,27)(H2,21,23,29). The summed E-state index contributed by atoms with van der Waals surface area (Å²) in [7, 11) is 0. The second-order valence-corrected chi connectivity index (χ2v) is 7.86. The van der Waals surface area contributed by atoms with Crippen molar-refractivity contribution in [3.05, 3.63) is 28.7 Å². The number of hydrogen-bond acceptors (Lipinski definition) is 5. The van der Waals surface area contributed by atoms with Crippen molar-refractivity contribution in [3.63, 3.8) is 0 Å². The van der Waals surface area contributed by atoms with E-state index < -0.39 is 47.7 Å². The first-order chi connectivity index (χ1) is 14.0. The molecule has 1 aliphatic heterocycles. The van der Waals surface area contributed by atoms with Gasteiger partial charge in [-0.25, -0.2) is 15.0 Å². The first-order valence-corrected chi connectivity index (χ1v) is 9.83. The van der Waals surface area contributed by atoms with Crippen LogP contribution in [0.4, 0.5) is 15.3 Å². The van der Waals surface area contributed by atoms with Crippen molar-refractivity contribution in [1.82, 2.24) is 21.1 Å². The van der Waals surface area contributed by atoms with Crippen LogP contribution >= 0.6 is 15.9 Å². The lowest BCUT2D eigenvalue weighted by Crippen LogP contribution is -2.55. The van der Waals surface area contributed by atoms with E-state index in [4.69, 9.17) is 5.11 Å². The summed E-state index contributed by atoms with van der Waals surface area (Å²) in [5, 5.41) is 16.6. The van der Waals surface area contributed by atoms with E-state index >= 15 is 0 Å². The van der Waals surface area contributed by atoms with Gasteiger partial charge < -0.3 is 21.1 Å². The number of anilines is 1. The fraction of sp³-hybridized carbons (Fsp3) is 0.389. The number of carboxylic acids is 1. The molecule has 1 atom stereocenters. The molecule has 11 nitrogen and oxygen atoms in total. The molecule has 0 aliphatic carbocycles. The second-order valence-electron chi connectivity index (χ2n) is 6.94. The number of benzene rings is 1. The topological polar surface area (TPSA) is 157 Å². The molecule has 12 heteroatoms. The van der Waals surface area contributed by atoms with Gasteiger partial charge in [0.2, 0.25) is 5.91 Å². The van der Waals surface area contributed by atoms with Gasteiger partial charge in [0.05, 0.1) is 12.8 Å². The Morgan fingerprint density at radius 3 is 2.40 bits per heavy atom. The molecule has 2 rings (SSSR count). The second kappa shape index (κ2) is 9.57. The third-order valence-electron chi connectivity index (χ3n) is 4.52. The Morgan fingerprint density at radius 1 is 1.20 bits per heavy atom. The maximum absolute atomic E-state index is 12.9. The van der Waals surface area contributed by atoms with Crippen molar-refractivity contribution in [2.45, 2.75) is 32.2 Å². The molecule has 1 unspecified atom stereocenters. The molecule has 0 bridgehead atoms. The van der Waals surface area contributed by atoms with Crippen molar-refractivity contribution >= 4 is 51.5 Å². The smallest absolute Gasteiger partial charge is 0.344 e. The van der Waals surface area contributed by atoms with Crippen LogP contribution in [0.3, 0.4) is 0 Å². The highest BCUT2D eigenvalue weighted by molar-refractivity contribution is 9.10.